The van der Waals surface area contributed by atoms with Crippen LogP contribution in [-0.4, -0.2) is 29.4 Å². The second-order valence-corrected chi connectivity index (χ2v) is 7.72. The zero-order valence-corrected chi connectivity index (χ0v) is 17.8. The van der Waals surface area contributed by atoms with Crippen LogP contribution in [0.4, 0.5) is 5.82 Å². The molecule has 0 fully saturated rings. The summed E-state index contributed by atoms with van der Waals surface area (Å²) in [4.78, 5) is 22.2. The SMILES string of the molecule is CCc1nn(Cc2cc3cccc(C)c3c(=O)n2-c2ccccc2O)c2ncnc(N)c12. The fraction of sp³-hybridized carbons (Fsp3) is 0.167. The van der Waals surface area contributed by atoms with E-state index in [4.69, 9.17) is 10.8 Å². The van der Waals surface area contributed by atoms with Gasteiger partial charge in [-0.15, -0.1) is 0 Å². The van der Waals surface area contributed by atoms with Crippen molar-refractivity contribution in [1.29, 1.82) is 0 Å². The molecular formula is C24H22N6O2. The fourth-order valence-corrected chi connectivity index (χ4v) is 4.24. The van der Waals surface area contributed by atoms with Crippen molar-refractivity contribution in [3.8, 4) is 11.4 Å². The number of para-hydroxylation sites is 2. The quantitative estimate of drug-likeness (QED) is 0.456. The predicted octanol–water partition coefficient (Wildman–Crippen LogP) is 3.34. The highest BCUT2D eigenvalue weighted by Crippen LogP contribution is 2.26. The molecular weight excluding hydrogens is 404 g/mol. The smallest absolute Gasteiger partial charge is 0.263 e. The lowest BCUT2D eigenvalue weighted by molar-refractivity contribution is 0.470. The van der Waals surface area contributed by atoms with Crippen LogP contribution < -0.4 is 11.3 Å². The highest BCUT2D eigenvalue weighted by molar-refractivity contribution is 5.88. The molecule has 160 valence electrons. The summed E-state index contributed by atoms with van der Waals surface area (Å²) < 4.78 is 3.29. The molecule has 0 aliphatic carbocycles. The van der Waals surface area contributed by atoms with Crippen LogP contribution in [0.1, 0.15) is 23.9 Å². The summed E-state index contributed by atoms with van der Waals surface area (Å²) in [6.45, 7) is 4.17. The van der Waals surface area contributed by atoms with E-state index in [0.29, 0.717) is 34.7 Å². The summed E-state index contributed by atoms with van der Waals surface area (Å²) in [5.41, 5.74) is 9.27. The van der Waals surface area contributed by atoms with Crippen LogP contribution in [0.3, 0.4) is 0 Å². The van der Waals surface area contributed by atoms with Crippen LogP contribution >= 0.6 is 0 Å². The topological polar surface area (TPSA) is 112 Å². The highest BCUT2D eigenvalue weighted by atomic mass is 16.3. The van der Waals surface area contributed by atoms with Gasteiger partial charge < -0.3 is 10.8 Å². The van der Waals surface area contributed by atoms with E-state index in [2.05, 4.69) is 9.97 Å². The monoisotopic (exact) mass is 426 g/mol. The lowest BCUT2D eigenvalue weighted by atomic mass is 10.1. The first kappa shape index (κ1) is 19.7. The molecule has 3 N–H and O–H groups in total. The summed E-state index contributed by atoms with van der Waals surface area (Å²) in [5, 5.41) is 17.4. The van der Waals surface area contributed by atoms with E-state index in [0.717, 1.165) is 22.0 Å². The van der Waals surface area contributed by atoms with Gasteiger partial charge in [0.1, 0.15) is 17.9 Å². The Labute approximate surface area is 183 Å². The molecule has 8 heteroatoms. The zero-order chi connectivity index (χ0) is 22.4. The lowest BCUT2D eigenvalue weighted by Crippen LogP contribution is -2.24. The largest absolute Gasteiger partial charge is 0.506 e. The van der Waals surface area contributed by atoms with Crippen LogP contribution in [0, 0.1) is 6.92 Å². The number of aromatic nitrogens is 5. The van der Waals surface area contributed by atoms with Gasteiger partial charge in [0.2, 0.25) is 0 Å². The number of pyridine rings is 1. The van der Waals surface area contributed by atoms with Crippen LogP contribution in [0.15, 0.2) is 59.7 Å². The minimum absolute atomic E-state index is 0.0231. The van der Waals surface area contributed by atoms with Crippen molar-refractivity contribution < 1.29 is 5.11 Å². The van der Waals surface area contributed by atoms with Crippen molar-refractivity contribution in [3.05, 3.63) is 82.2 Å². The maximum absolute atomic E-state index is 13.7. The number of nitrogen functional groups attached to an aromatic ring is 1. The van der Waals surface area contributed by atoms with Crippen molar-refractivity contribution in [2.24, 2.45) is 0 Å². The number of rotatable bonds is 4. The number of benzene rings is 2. The molecule has 5 aromatic rings. The Morgan fingerprint density at radius 2 is 1.88 bits per heavy atom. The predicted molar refractivity (Wildman–Crippen MR) is 124 cm³/mol. The molecule has 3 aromatic heterocycles. The first-order valence-electron chi connectivity index (χ1n) is 10.4. The van der Waals surface area contributed by atoms with Crippen molar-refractivity contribution >= 4 is 27.6 Å². The molecule has 0 saturated heterocycles. The number of nitrogens with two attached hydrogens (primary N) is 1. The molecule has 0 bridgehead atoms. The summed E-state index contributed by atoms with van der Waals surface area (Å²) in [5.74, 6) is 0.403. The van der Waals surface area contributed by atoms with Gasteiger partial charge in [0.25, 0.3) is 5.56 Å². The molecule has 0 amide bonds. The van der Waals surface area contributed by atoms with Crippen LogP contribution in [-0.2, 0) is 13.0 Å². The second-order valence-electron chi connectivity index (χ2n) is 7.72. The molecule has 0 unspecified atom stereocenters. The Bertz CT molecular complexity index is 1550. The average Bonchev–Trinajstić information content (AvgIpc) is 3.14. The number of nitrogens with zero attached hydrogens (tertiary/aromatic N) is 5. The van der Waals surface area contributed by atoms with E-state index in [9.17, 15) is 9.90 Å². The van der Waals surface area contributed by atoms with Gasteiger partial charge in [-0.3, -0.25) is 9.36 Å². The number of fused-ring (bicyclic) bond motifs is 2. The van der Waals surface area contributed by atoms with Gasteiger partial charge in [0.15, 0.2) is 5.65 Å². The van der Waals surface area contributed by atoms with Gasteiger partial charge in [0.05, 0.1) is 28.7 Å². The standard InChI is InChI=1S/C24H22N6O2/c1-3-17-21-22(25)26-13-27-23(21)29(28-17)12-16-11-15-8-6-7-14(2)20(15)24(32)30(16)18-9-4-5-10-19(18)31/h4-11,13,31H,3,12H2,1-2H3,(H2,25,26,27). The van der Waals surface area contributed by atoms with Crippen LogP contribution in [0.2, 0.25) is 0 Å². The van der Waals surface area contributed by atoms with E-state index < -0.39 is 0 Å². The summed E-state index contributed by atoms with van der Waals surface area (Å²) in [7, 11) is 0. The molecule has 32 heavy (non-hydrogen) atoms. The van der Waals surface area contributed by atoms with Gasteiger partial charge in [-0.2, -0.15) is 5.10 Å². The van der Waals surface area contributed by atoms with Crippen molar-refractivity contribution in [1.82, 2.24) is 24.3 Å². The Balaban J connectivity index is 1.81. The first-order valence-corrected chi connectivity index (χ1v) is 10.4. The van der Waals surface area contributed by atoms with Gasteiger partial charge in [-0.25, -0.2) is 14.6 Å². The maximum atomic E-state index is 13.7. The molecule has 5 rings (SSSR count). The van der Waals surface area contributed by atoms with E-state index in [1.165, 1.54) is 6.33 Å². The normalized spacial score (nSPS) is 11.4. The van der Waals surface area contributed by atoms with Gasteiger partial charge in [-0.05, 0) is 42.5 Å². The number of aryl methyl sites for hydroxylation is 2. The van der Waals surface area contributed by atoms with E-state index in [-0.39, 0.29) is 17.9 Å². The Morgan fingerprint density at radius 3 is 2.66 bits per heavy atom. The molecule has 8 nitrogen and oxygen atoms in total. The number of aromatic hydroxyl groups is 1. The van der Waals surface area contributed by atoms with Crippen molar-refractivity contribution in [3.63, 3.8) is 0 Å². The van der Waals surface area contributed by atoms with Crippen molar-refractivity contribution in [2.75, 3.05) is 5.73 Å². The van der Waals surface area contributed by atoms with E-state index in [1.54, 1.807) is 33.5 Å². The van der Waals surface area contributed by atoms with E-state index in [1.807, 2.05) is 38.1 Å². The lowest BCUT2D eigenvalue weighted by Gasteiger charge is -2.17. The third-order valence-electron chi connectivity index (χ3n) is 5.73. The van der Waals surface area contributed by atoms with Gasteiger partial charge >= 0.3 is 0 Å². The molecule has 2 aromatic carbocycles. The van der Waals surface area contributed by atoms with E-state index >= 15 is 0 Å². The number of anilines is 1. The molecule has 0 aliphatic heterocycles. The Kier molecular flexibility index (Phi) is 4.62. The van der Waals surface area contributed by atoms with Crippen LogP contribution in [0.5, 0.6) is 5.75 Å². The second kappa shape index (κ2) is 7.49. The Morgan fingerprint density at radius 1 is 1.06 bits per heavy atom. The molecule has 0 atom stereocenters. The number of hydrogen-bond donors (Lipinski definition) is 2. The average molecular weight is 426 g/mol. The molecule has 3 heterocycles. The number of phenols is 1. The van der Waals surface area contributed by atoms with Crippen LogP contribution in [0.25, 0.3) is 27.5 Å². The summed E-state index contributed by atoms with van der Waals surface area (Å²) in [6.07, 6.45) is 2.08. The minimum atomic E-state index is -0.196. The highest BCUT2D eigenvalue weighted by Gasteiger charge is 2.19. The number of hydrogen-bond acceptors (Lipinski definition) is 6. The van der Waals surface area contributed by atoms with Gasteiger partial charge in [0, 0.05) is 5.69 Å². The summed E-state index contributed by atoms with van der Waals surface area (Å²) in [6, 6.07) is 14.5. The van der Waals surface area contributed by atoms with Crippen molar-refractivity contribution in [2.45, 2.75) is 26.8 Å². The third-order valence-corrected chi connectivity index (χ3v) is 5.73. The first-order chi connectivity index (χ1) is 15.5. The maximum Gasteiger partial charge on any atom is 0.263 e. The number of phenolic OH excluding ortho intramolecular Hbond substituents is 1. The summed E-state index contributed by atoms with van der Waals surface area (Å²) >= 11 is 0. The van der Waals surface area contributed by atoms with Gasteiger partial charge in [-0.1, -0.05) is 37.3 Å². The third kappa shape index (κ3) is 2.99. The molecule has 0 saturated carbocycles. The molecule has 0 aliphatic rings. The fourth-order valence-electron chi connectivity index (χ4n) is 4.24. The molecule has 0 radical (unpaired) electrons. The molecule has 0 spiro atoms. The zero-order valence-electron chi connectivity index (χ0n) is 17.8. The Hall–Kier alpha value is -4.20. The minimum Gasteiger partial charge on any atom is -0.506 e.